The lowest BCUT2D eigenvalue weighted by Crippen LogP contribution is -2.43. The smallest absolute Gasteiger partial charge is 0.405 e. The summed E-state index contributed by atoms with van der Waals surface area (Å²) >= 11 is 0. The standard InChI is InChI=1S/C19H20FNO3/c1-11-8-12(5-7-15(11)20)13-4-6-14-16(9-13)24-10-19(2,3)17(14)21-18(22)23/h4-9,17,21H,10H2,1-3H3,(H,22,23). The van der Waals surface area contributed by atoms with E-state index in [1.807, 2.05) is 32.0 Å². The largest absolute Gasteiger partial charge is 0.493 e. The topological polar surface area (TPSA) is 58.6 Å². The van der Waals surface area contributed by atoms with Crippen molar-refractivity contribution in [2.75, 3.05) is 6.61 Å². The fraction of sp³-hybridized carbons (Fsp3) is 0.316. The van der Waals surface area contributed by atoms with Gasteiger partial charge >= 0.3 is 6.09 Å². The van der Waals surface area contributed by atoms with Gasteiger partial charge in [-0.3, -0.25) is 0 Å². The first-order valence-corrected chi connectivity index (χ1v) is 7.81. The van der Waals surface area contributed by atoms with Crippen molar-refractivity contribution in [1.29, 1.82) is 0 Å². The summed E-state index contributed by atoms with van der Waals surface area (Å²) in [6.07, 6.45) is -1.06. The van der Waals surface area contributed by atoms with Crippen LogP contribution in [0.3, 0.4) is 0 Å². The molecule has 2 aromatic carbocycles. The van der Waals surface area contributed by atoms with Gasteiger partial charge in [0.15, 0.2) is 0 Å². The van der Waals surface area contributed by atoms with Crippen LogP contribution in [0.4, 0.5) is 9.18 Å². The third kappa shape index (κ3) is 2.94. The molecule has 2 N–H and O–H groups in total. The zero-order valence-electron chi connectivity index (χ0n) is 13.9. The Balaban J connectivity index is 2.02. The molecule has 126 valence electrons. The number of carboxylic acid groups (broad SMARTS) is 1. The molecule has 0 radical (unpaired) electrons. The Hall–Kier alpha value is -2.56. The van der Waals surface area contributed by atoms with Crippen LogP contribution in [-0.2, 0) is 0 Å². The van der Waals surface area contributed by atoms with Gasteiger partial charge in [0, 0.05) is 11.0 Å². The van der Waals surface area contributed by atoms with Gasteiger partial charge in [-0.05, 0) is 41.8 Å². The van der Waals surface area contributed by atoms with Crippen LogP contribution in [0, 0.1) is 18.2 Å². The van der Waals surface area contributed by atoms with Crippen LogP contribution in [0.2, 0.25) is 0 Å². The summed E-state index contributed by atoms with van der Waals surface area (Å²) in [5.41, 5.74) is 2.85. The van der Waals surface area contributed by atoms with Gasteiger partial charge in [0.2, 0.25) is 0 Å². The first-order chi connectivity index (χ1) is 11.3. The van der Waals surface area contributed by atoms with Gasteiger partial charge in [-0.2, -0.15) is 0 Å². The molecule has 0 aromatic heterocycles. The van der Waals surface area contributed by atoms with E-state index in [-0.39, 0.29) is 17.3 Å². The maximum atomic E-state index is 13.5. The molecule has 3 rings (SSSR count). The SMILES string of the molecule is Cc1cc(-c2ccc3c(c2)OCC(C)(C)C3NC(=O)O)ccc1F. The van der Waals surface area contributed by atoms with E-state index in [4.69, 9.17) is 9.84 Å². The Morgan fingerprint density at radius 3 is 2.58 bits per heavy atom. The first kappa shape index (κ1) is 16.3. The fourth-order valence-electron chi connectivity index (χ4n) is 3.07. The molecule has 0 saturated carbocycles. The van der Waals surface area contributed by atoms with Crippen LogP contribution in [0.25, 0.3) is 11.1 Å². The molecule has 1 aliphatic heterocycles. The number of nitrogens with one attached hydrogen (secondary N) is 1. The van der Waals surface area contributed by atoms with Gasteiger partial charge in [-0.25, -0.2) is 9.18 Å². The fourth-order valence-corrected chi connectivity index (χ4v) is 3.07. The van der Waals surface area contributed by atoms with E-state index >= 15 is 0 Å². The highest BCUT2D eigenvalue weighted by Crippen LogP contribution is 2.44. The number of hydrogen-bond acceptors (Lipinski definition) is 2. The summed E-state index contributed by atoms with van der Waals surface area (Å²) in [6.45, 7) is 6.07. The number of amides is 1. The third-order valence-corrected chi connectivity index (χ3v) is 4.46. The maximum absolute atomic E-state index is 13.5. The molecule has 0 spiro atoms. The summed E-state index contributed by atoms with van der Waals surface area (Å²) in [6, 6.07) is 10.3. The molecule has 1 heterocycles. The minimum Gasteiger partial charge on any atom is -0.493 e. The molecule has 1 unspecified atom stereocenters. The number of rotatable bonds is 2. The number of ether oxygens (including phenoxy) is 1. The quantitative estimate of drug-likeness (QED) is 0.851. The van der Waals surface area contributed by atoms with Gasteiger partial charge in [0.1, 0.15) is 11.6 Å². The van der Waals surface area contributed by atoms with E-state index in [0.717, 1.165) is 16.7 Å². The Morgan fingerprint density at radius 2 is 1.92 bits per heavy atom. The van der Waals surface area contributed by atoms with Crippen LogP contribution in [-0.4, -0.2) is 17.8 Å². The van der Waals surface area contributed by atoms with Gasteiger partial charge < -0.3 is 15.2 Å². The molecule has 4 nitrogen and oxygen atoms in total. The highest BCUT2D eigenvalue weighted by Gasteiger charge is 2.38. The summed E-state index contributed by atoms with van der Waals surface area (Å²) in [4.78, 5) is 11.1. The number of carbonyl (C=O) groups is 1. The minimum absolute atomic E-state index is 0.236. The summed E-state index contributed by atoms with van der Waals surface area (Å²) in [7, 11) is 0. The molecule has 0 fully saturated rings. The van der Waals surface area contributed by atoms with Crippen molar-refractivity contribution < 1.29 is 19.0 Å². The van der Waals surface area contributed by atoms with Crippen molar-refractivity contribution >= 4 is 6.09 Å². The van der Waals surface area contributed by atoms with Crippen molar-refractivity contribution in [3.63, 3.8) is 0 Å². The maximum Gasteiger partial charge on any atom is 0.405 e. The molecule has 0 aliphatic carbocycles. The van der Waals surface area contributed by atoms with Crippen LogP contribution < -0.4 is 10.1 Å². The molecule has 1 amide bonds. The van der Waals surface area contributed by atoms with Crippen LogP contribution in [0.15, 0.2) is 36.4 Å². The molecule has 2 aromatic rings. The molecule has 5 heteroatoms. The molecule has 1 atom stereocenters. The van der Waals surface area contributed by atoms with Crippen LogP contribution >= 0.6 is 0 Å². The van der Waals surface area contributed by atoms with E-state index in [1.54, 1.807) is 19.1 Å². The number of aryl methyl sites for hydroxylation is 1. The van der Waals surface area contributed by atoms with Gasteiger partial charge in [0.25, 0.3) is 0 Å². The van der Waals surface area contributed by atoms with E-state index in [2.05, 4.69) is 5.32 Å². The van der Waals surface area contributed by atoms with Gasteiger partial charge in [-0.1, -0.05) is 32.0 Å². The highest BCUT2D eigenvalue weighted by molar-refractivity contribution is 5.69. The van der Waals surface area contributed by atoms with Crippen LogP contribution in [0.5, 0.6) is 5.75 Å². The van der Waals surface area contributed by atoms with Crippen molar-refractivity contribution in [2.24, 2.45) is 5.41 Å². The Kier molecular flexibility index (Phi) is 3.95. The van der Waals surface area contributed by atoms with E-state index in [9.17, 15) is 9.18 Å². The second-order valence-electron chi connectivity index (χ2n) is 6.88. The predicted octanol–water partition coefficient (Wildman–Crippen LogP) is 4.53. The average Bonchev–Trinajstić information content (AvgIpc) is 2.52. The zero-order valence-corrected chi connectivity index (χ0v) is 13.9. The lowest BCUT2D eigenvalue weighted by atomic mass is 9.78. The molecule has 1 aliphatic rings. The monoisotopic (exact) mass is 329 g/mol. The molecule has 0 saturated heterocycles. The average molecular weight is 329 g/mol. The number of benzene rings is 2. The second kappa shape index (κ2) is 5.82. The Morgan fingerprint density at radius 1 is 1.25 bits per heavy atom. The lowest BCUT2D eigenvalue weighted by molar-refractivity contribution is 0.0996. The second-order valence-corrected chi connectivity index (χ2v) is 6.88. The number of halogens is 1. The first-order valence-electron chi connectivity index (χ1n) is 7.81. The van der Waals surface area contributed by atoms with E-state index in [1.165, 1.54) is 6.07 Å². The molecular formula is C19H20FNO3. The molecular weight excluding hydrogens is 309 g/mol. The normalized spacial score (nSPS) is 18.4. The Bertz CT molecular complexity index is 801. The van der Waals surface area contributed by atoms with Crippen molar-refractivity contribution in [1.82, 2.24) is 5.32 Å². The summed E-state index contributed by atoms with van der Waals surface area (Å²) in [5, 5.41) is 11.7. The van der Waals surface area contributed by atoms with Crippen molar-refractivity contribution in [3.8, 4) is 16.9 Å². The molecule has 24 heavy (non-hydrogen) atoms. The minimum atomic E-state index is -1.06. The third-order valence-electron chi connectivity index (χ3n) is 4.46. The lowest BCUT2D eigenvalue weighted by Gasteiger charge is -2.39. The number of fused-ring (bicyclic) bond motifs is 1. The summed E-state index contributed by atoms with van der Waals surface area (Å²) < 4.78 is 19.3. The van der Waals surface area contributed by atoms with E-state index < -0.39 is 6.09 Å². The predicted molar refractivity (Wildman–Crippen MR) is 89.8 cm³/mol. The highest BCUT2D eigenvalue weighted by atomic mass is 19.1. The van der Waals surface area contributed by atoms with Gasteiger partial charge in [-0.15, -0.1) is 0 Å². The van der Waals surface area contributed by atoms with Crippen molar-refractivity contribution in [2.45, 2.75) is 26.8 Å². The van der Waals surface area contributed by atoms with Crippen LogP contribution in [0.1, 0.15) is 31.0 Å². The molecule has 0 bridgehead atoms. The van der Waals surface area contributed by atoms with Crippen molar-refractivity contribution in [3.05, 3.63) is 53.3 Å². The number of hydrogen-bond donors (Lipinski definition) is 2. The zero-order chi connectivity index (χ0) is 17.5. The van der Waals surface area contributed by atoms with Gasteiger partial charge in [0.05, 0.1) is 12.6 Å². The summed E-state index contributed by atoms with van der Waals surface area (Å²) in [5.74, 6) is 0.424. The Labute approximate surface area is 140 Å². The van der Waals surface area contributed by atoms with E-state index in [0.29, 0.717) is 17.9 Å².